The van der Waals surface area contributed by atoms with Crippen LogP contribution in [-0.2, 0) is 0 Å². The number of hydrogen-bond acceptors (Lipinski definition) is 1. The minimum Gasteiger partial charge on any atom is -0.378 e. The summed E-state index contributed by atoms with van der Waals surface area (Å²) in [4.78, 5) is 0. The van der Waals surface area contributed by atoms with Gasteiger partial charge in [0.2, 0.25) is 0 Å². The average Bonchev–Trinajstić information content (AvgIpc) is 2.64. The summed E-state index contributed by atoms with van der Waals surface area (Å²) in [5.74, 6) is 3.99. The average molecular weight is 162 g/mol. The summed E-state index contributed by atoms with van der Waals surface area (Å²) in [7, 11) is 0. The Hall–Kier alpha value is -0.740. The molecular formula is C11H14O. The number of terminal acetylenes is 1. The van der Waals surface area contributed by atoms with Crippen molar-refractivity contribution in [1.82, 2.24) is 0 Å². The van der Waals surface area contributed by atoms with Crippen LogP contribution >= 0.6 is 0 Å². The maximum atomic E-state index is 9.88. The highest BCUT2D eigenvalue weighted by molar-refractivity contribution is 5.19. The van der Waals surface area contributed by atoms with Crippen LogP contribution in [0.4, 0.5) is 0 Å². The molecular weight excluding hydrogens is 148 g/mol. The molecule has 0 amide bonds. The normalized spacial score (nSPS) is 42.6. The van der Waals surface area contributed by atoms with Crippen LogP contribution in [0.5, 0.6) is 0 Å². The Labute approximate surface area is 73.5 Å². The first-order valence-electron chi connectivity index (χ1n) is 4.52. The van der Waals surface area contributed by atoms with Gasteiger partial charge in [0.25, 0.3) is 0 Å². The lowest BCUT2D eigenvalue weighted by molar-refractivity contribution is 0.0434. The summed E-state index contributed by atoms with van der Waals surface area (Å²) in [6.45, 7) is 1.76. The Balaban J connectivity index is 2.19. The zero-order valence-electron chi connectivity index (χ0n) is 7.33. The quantitative estimate of drug-likeness (QED) is 0.458. The molecule has 1 nitrogen and oxygen atoms in total. The van der Waals surface area contributed by atoms with Crippen molar-refractivity contribution in [2.24, 2.45) is 17.8 Å². The first-order valence-corrected chi connectivity index (χ1v) is 4.52. The van der Waals surface area contributed by atoms with Crippen LogP contribution in [0.1, 0.15) is 19.8 Å². The van der Waals surface area contributed by atoms with E-state index in [1.807, 2.05) is 0 Å². The second kappa shape index (κ2) is 2.37. The van der Waals surface area contributed by atoms with E-state index in [-0.39, 0.29) is 5.92 Å². The van der Waals surface area contributed by atoms with Gasteiger partial charge >= 0.3 is 0 Å². The summed E-state index contributed by atoms with van der Waals surface area (Å²) in [5, 5.41) is 9.88. The summed E-state index contributed by atoms with van der Waals surface area (Å²) >= 11 is 0. The topological polar surface area (TPSA) is 20.2 Å². The van der Waals surface area contributed by atoms with Crippen LogP contribution in [0.3, 0.4) is 0 Å². The van der Waals surface area contributed by atoms with Crippen molar-refractivity contribution in [2.75, 3.05) is 0 Å². The fourth-order valence-corrected chi connectivity index (χ4v) is 2.53. The molecule has 0 spiro atoms. The third kappa shape index (κ3) is 0.990. The van der Waals surface area contributed by atoms with Crippen LogP contribution < -0.4 is 0 Å². The van der Waals surface area contributed by atoms with Gasteiger partial charge in [-0.15, -0.1) is 6.42 Å². The third-order valence-electron chi connectivity index (χ3n) is 3.29. The second-order valence-corrected chi connectivity index (χ2v) is 4.18. The van der Waals surface area contributed by atoms with E-state index in [1.54, 1.807) is 6.92 Å². The molecule has 2 aliphatic rings. The van der Waals surface area contributed by atoms with E-state index in [0.717, 1.165) is 6.42 Å². The van der Waals surface area contributed by atoms with Gasteiger partial charge in [0.05, 0.1) is 0 Å². The van der Waals surface area contributed by atoms with Crippen molar-refractivity contribution >= 4 is 0 Å². The van der Waals surface area contributed by atoms with E-state index in [9.17, 15) is 5.11 Å². The number of aliphatic hydroxyl groups is 1. The van der Waals surface area contributed by atoms with Crippen LogP contribution in [0, 0.1) is 30.1 Å². The Morgan fingerprint density at radius 3 is 2.67 bits per heavy atom. The number of allylic oxidation sites excluding steroid dienone is 2. The molecule has 0 unspecified atom stereocenters. The van der Waals surface area contributed by atoms with Gasteiger partial charge in [-0.3, -0.25) is 0 Å². The predicted octanol–water partition coefficient (Wildman–Crippen LogP) is 1.58. The van der Waals surface area contributed by atoms with Gasteiger partial charge in [0, 0.05) is 5.92 Å². The fraction of sp³-hybridized carbons (Fsp3) is 0.636. The molecule has 1 fully saturated rings. The minimum atomic E-state index is -0.899. The SMILES string of the molecule is C#C[C@@](C)(O)[C@H]1C[C@@H]2C=C[C@H]1C2. The van der Waals surface area contributed by atoms with E-state index in [4.69, 9.17) is 6.42 Å². The van der Waals surface area contributed by atoms with Gasteiger partial charge in [-0.1, -0.05) is 18.1 Å². The van der Waals surface area contributed by atoms with Gasteiger partial charge in [-0.2, -0.15) is 0 Å². The highest BCUT2D eigenvalue weighted by atomic mass is 16.3. The maximum absolute atomic E-state index is 9.88. The first-order chi connectivity index (χ1) is 5.63. The van der Waals surface area contributed by atoms with Crippen LogP contribution in [0.2, 0.25) is 0 Å². The molecule has 64 valence electrons. The van der Waals surface area contributed by atoms with Crippen molar-refractivity contribution in [3.05, 3.63) is 12.2 Å². The second-order valence-electron chi connectivity index (χ2n) is 4.18. The molecule has 12 heavy (non-hydrogen) atoms. The van der Waals surface area contributed by atoms with Crippen LogP contribution in [-0.4, -0.2) is 10.7 Å². The molecule has 4 atom stereocenters. The molecule has 2 bridgehead atoms. The number of rotatable bonds is 1. The molecule has 0 heterocycles. The predicted molar refractivity (Wildman–Crippen MR) is 48.3 cm³/mol. The summed E-state index contributed by atoms with van der Waals surface area (Å²) in [6, 6.07) is 0. The van der Waals surface area contributed by atoms with E-state index in [2.05, 4.69) is 18.1 Å². The molecule has 0 aromatic carbocycles. The van der Waals surface area contributed by atoms with Crippen molar-refractivity contribution in [1.29, 1.82) is 0 Å². The lowest BCUT2D eigenvalue weighted by Gasteiger charge is -2.29. The first kappa shape index (κ1) is 7.89. The van der Waals surface area contributed by atoms with Crippen molar-refractivity contribution in [2.45, 2.75) is 25.4 Å². The molecule has 2 rings (SSSR count). The maximum Gasteiger partial charge on any atom is 0.125 e. The van der Waals surface area contributed by atoms with E-state index in [0.29, 0.717) is 11.8 Å². The minimum absolute atomic E-state index is 0.289. The molecule has 1 N–H and O–H groups in total. The van der Waals surface area contributed by atoms with Crippen LogP contribution in [0.25, 0.3) is 0 Å². The third-order valence-corrected chi connectivity index (χ3v) is 3.29. The van der Waals surface area contributed by atoms with Crippen molar-refractivity contribution in [3.63, 3.8) is 0 Å². The Bertz CT molecular complexity index is 257. The number of fused-ring (bicyclic) bond motifs is 2. The standard InChI is InChI=1S/C11H14O/c1-3-11(2,12)10-7-8-4-5-9(10)6-8/h1,4-5,8-10,12H,6-7H2,2H3/t8-,9+,10+,11-/m1/s1. The molecule has 1 saturated carbocycles. The van der Waals surface area contributed by atoms with Gasteiger partial charge in [0.1, 0.15) is 5.60 Å². The van der Waals surface area contributed by atoms with E-state index >= 15 is 0 Å². The Morgan fingerprint density at radius 2 is 2.25 bits per heavy atom. The zero-order chi connectivity index (χ0) is 8.77. The highest BCUT2D eigenvalue weighted by Gasteiger charge is 2.44. The van der Waals surface area contributed by atoms with Gasteiger partial charge in [-0.05, 0) is 31.6 Å². The fourth-order valence-electron chi connectivity index (χ4n) is 2.53. The molecule has 2 aliphatic carbocycles. The smallest absolute Gasteiger partial charge is 0.125 e. The highest BCUT2D eigenvalue weighted by Crippen LogP contribution is 2.47. The Morgan fingerprint density at radius 1 is 1.50 bits per heavy atom. The zero-order valence-corrected chi connectivity index (χ0v) is 7.33. The van der Waals surface area contributed by atoms with E-state index in [1.165, 1.54) is 6.42 Å². The lowest BCUT2D eigenvalue weighted by Crippen LogP contribution is -2.35. The van der Waals surface area contributed by atoms with Crippen molar-refractivity contribution < 1.29 is 5.11 Å². The van der Waals surface area contributed by atoms with E-state index < -0.39 is 5.60 Å². The lowest BCUT2D eigenvalue weighted by atomic mass is 9.80. The summed E-state index contributed by atoms with van der Waals surface area (Å²) in [6.07, 6.45) is 12.0. The van der Waals surface area contributed by atoms with Crippen molar-refractivity contribution in [3.8, 4) is 12.3 Å². The Kier molecular flexibility index (Phi) is 1.56. The van der Waals surface area contributed by atoms with Crippen LogP contribution in [0.15, 0.2) is 12.2 Å². The summed E-state index contributed by atoms with van der Waals surface area (Å²) in [5.41, 5.74) is -0.899. The summed E-state index contributed by atoms with van der Waals surface area (Å²) < 4.78 is 0. The molecule has 1 heteroatoms. The largest absolute Gasteiger partial charge is 0.378 e. The molecule has 0 radical (unpaired) electrons. The number of hydrogen-bond donors (Lipinski definition) is 1. The van der Waals surface area contributed by atoms with Gasteiger partial charge in [-0.25, -0.2) is 0 Å². The monoisotopic (exact) mass is 162 g/mol. The molecule has 0 saturated heterocycles. The van der Waals surface area contributed by atoms with Gasteiger partial charge < -0.3 is 5.11 Å². The molecule has 0 aromatic rings. The van der Waals surface area contributed by atoms with Gasteiger partial charge in [0.15, 0.2) is 0 Å². The molecule has 0 aromatic heterocycles. The molecule has 0 aliphatic heterocycles.